The van der Waals surface area contributed by atoms with E-state index in [9.17, 15) is 9.59 Å². The first-order chi connectivity index (χ1) is 9.66. The van der Waals surface area contributed by atoms with Crippen LogP contribution < -0.4 is 4.74 Å². The second-order valence-electron chi connectivity index (χ2n) is 4.40. The molecule has 0 saturated heterocycles. The Balaban J connectivity index is 1.97. The number of esters is 2. The minimum atomic E-state index is -0.528. The normalized spacial score (nSPS) is 17.1. The molecule has 1 aliphatic heterocycles. The molecule has 2 rings (SSSR count). The van der Waals surface area contributed by atoms with Crippen LogP contribution >= 0.6 is 0 Å². The van der Waals surface area contributed by atoms with E-state index >= 15 is 0 Å². The molecule has 20 heavy (non-hydrogen) atoms. The molecular formula is C15H16O5. The molecule has 0 spiro atoms. The van der Waals surface area contributed by atoms with Crippen LogP contribution in [0.2, 0.25) is 0 Å². The summed E-state index contributed by atoms with van der Waals surface area (Å²) < 4.78 is 15.5. The van der Waals surface area contributed by atoms with Crippen LogP contribution in [-0.4, -0.2) is 24.6 Å². The van der Waals surface area contributed by atoms with E-state index in [4.69, 9.17) is 14.2 Å². The summed E-state index contributed by atoms with van der Waals surface area (Å²) in [6, 6.07) is 6.48. The van der Waals surface area contributed by atoms with Crippen LogP contribution in [0.25, 0.3) is 0 Å². The van der Waals surface area contributed by atoms with Gasteiger partial charge in [-0.05, 0) is 31.1 Å². The zero-order valence-electron chi connectivity index (χ0n) is 11.2. The summed E-state index contributed by atoms with van der Waals surface area (Å²) in [6.07, 6.45) is 5.15. The smallest absolute Gasteiger partial charge is 0.342 e. The molecule has 0 fully saturated rings. The molecule has 0 aromatic heterocycles. The van der Waals surface area contributed by atoms with Crippen molar-refractivity contribution in [1.29, 1.82) is 0 Å². The van der Waals surface area contributed by atoms with Crippen molar-refractivity contribution in [1.82, 2.24) is 0 Å². The third-order valence-electron chi connectivity index (χ3n) is 2.78. The fourth-order valence-corrected chi connectivity index (χ4v) is 1.83. The molecule has 1 aromatic rings. The molecule has 1 atom stereocenters. The van der Waals surface area contributed by atoms with E-state index in [0.717, 1.165) is 12.8 Å². The summed E-state index contributed by atoms with van der Waals surface area (Å²) in [4.78, 5) is 23.0. The van der Waals surface area contributed by atoms with Gasteiger partial charge in [-0.15, -0.1) is 0 Å². The summed E-state index contributed by atoms with van der Waals surface area (Å²) in [5, 5.41) is 0. The van der Waals surface area contributed by atoms with Gasteiger partial charge in [0.25, 0.3) is 0 Å². The minimum Gasteiger partial charge on any atom is -0.495 e. The Hall–Kier alpha value is -2.30. The molecule has 1 aromatic carbocycles. The zero-order chi connectivity index (χ0) is 14.4. The van der Waals surface area contributed by atoms with E-state index in [0.29, 0.717) is 0 Å². The lowest BCUT2D eigenvalue weighted by Crippen LogP contribution is -2.22. The summed E-state index contributed by atoms with van der Waals surface area (Å²) in [6.45, 7) is 1.46. The molecule has 0 saturated carbocycles. The number of rotatable bonds is 4. The second kappa shape index (κ2) is 6.75. The fourth-order valence-electron chi connectivity index (χ4n) is 1.83. The maximum Gasteiger partial charge on any atom is 0.342 e. The third-order valence-corrected chi connectivity index (χ3v) is 2.78. The van der Waals surface area contributed by atoms with Crippen molar-refractivity contribution in [2.24, 2.45) is 0 Å². The topological polar surface area (TPSA) is 61.8 Å². The number of para-hydroxylation sites is 1. The molecule has 0 aliphatic carbocycles. The minimum absolute atomic E-state index is 0.121. The average molecular weight is 276 g/mol. The Bertz CT molecular complexity index is 521. The predicted octanol–water partition coefficient (Wildman–Crippen LogP) is 2.46. The zero-order valence-corrected chi connectivity index (χ0v) is 11.2. The molecule has 0 amide bonds. The quantitative estimate of drug-likeness (QED) is 0.624. The lowest BCUT2D eigenvalue weighted by molar-refractivity contribution is -0.131. The van der Waals surface area contributed by atoms with E-state index in [-0.39, 0.29) is 24.0 Å². The SMILES string of the molecule is CC(=O)Oc1ccccc1C(=O)OCC1CCC=CO1. The standard InChI is InChI=1S/C15H16O5/c1-11(16)20-14-8-3-2-7-13(14)15(17)19-10-12-6-4-5-9-18-12/h2-3,5,7-9,12H,4,6,10H2,1H3. The Morgan fingerprint density at radius 3 is 2.85 bits per heavy atom. The van der Waals surface area contributed by atoms with Crippen molar-refractivity contribution in [2.45, 2.75) is 25.9 Å². The molecule has 106 valence electrons. The van der Waals surface area contributed by atoms with Gasteiger partial charge >= 0.3 is 11.9 Å². The van der Waals surface area contributed by atoms with Gasteiger partial charge in [-0.1, -0.05) is 12.1 Å². The van der Waals surface area contributed by atoms with Gasteiger partial charge in [0, 0.05) is 6.92 Å². The number of carbonyl (C=O) groups excluding carboxylic acids is 2. The first kappa shape index (κ1) is 14.1. The van der Waals surface area contributed by atoms with Crippen LogP contribution in [0.3, 0.4) is 0 Å². The first-order valence-electron chi connectivity index (χ1n) is 6.42. The van der Waals surface area contributed by atoms with E-state index in [1.54, 1.807) is 30.5 Å². The predicted molar refractivity (Wildman–Crippen MR) is 71.3 cm³/mol. The van der Waals surface area contributed by atoms with E-state index in [1.165, 1.54) is 6.92 Å². The fraction of sp³-hybridized carbons (Fsp3) is 0.333. The van der Waals surface area contributed by atoms with Gasteiger partial charge in [-0.2, -0.15) is 0 Å². The van der Waals surface area contributed by atoms with Crippen LogP contribution in [0, 0.1) is 0 Å². The first-order valence-corrected chi connectivity index (χ1v) is 6.42. The number of hydrogen-bond donors (Lipinski definition) is 0. The van der Waals surface area contributed by atoms with Crippen molar-refractivity contribution in [2.75, 3.05) is 6.61 Å². The van der Waals surface area contributed by atoms with Crippen molar-refractivity contribution < 1.29 is 23.8 Å². The van der Waals surface area contributed by atoms with Crippen LogP contribution in [0.15, 0.2) is 36.6 Å². The van der Waals surface area contributed by atoms with Gasteiger partial charge in [0.2, 0.25) is 0 Å². The van der Waals surface area contributed by atoms with E-state index in [2.05, 4.69) is 0 Å². The maximum atomic E-state index is 12.0. The van der Waals surface area contributed by atoms with Crippen molar-refractivity contribution in [3.05, 3.63) is 42.2 Å². The van der Waals surface area contributed by atoms with Gasteiger partial charge in [0.15, 0.2) is 0 Å². The van der Waals surface area contributed by atoms with E-state index in [1.807, 2.05) is 6.08 Å². The monoisotopic (exact) mass is 276 g/mol. The number of hydrogen-bond acceptors (Lipinski definition) is 5. The largest absolute Gasteiger partial charge is 0.495 e. The number of allylic oxidation sites excluding steroid dienone is 1. The molecule has 1 heterocycles. The Kier molecular flexibility index (Phi) is 4.76. The molecular weight excluding hydrogens is 260 g/mol. The van der Waals surface area contributed by atoms with Crippen molar-refractivity contribution in [3.63, 3.8) is 0 Å². The van der Waals surface area contributed by atoms with Crippen LogP contribution in [0.5, 0.6) is 5.75 Å². The number of benzene rings is 1. The average Bonchev–Trinajstić information content (AvgIpc) is 2.46. The summed E-state index contributed by atoms with van der Waals surface area (Å²) >= 11 is 0. The summed E-state index contributed by atoms with van der Waals surface area (Å²) in [7, 11) is 0. The summed E-state index contributed by atoms with van der Waals surface area (Å²) in [5.41, 5.74) is 0.231. The van der Waals surface area contributed by atoms with Crippen molar-refractivity contribution in [3.8, 4) is 5.75 Å². The van der Waals surface area contributed by atoms with Gasteiger partial charge < -0.3 is 14.2 Å². The van der Waals surface area contributed by atoms with Crippen molar-refractivity contribution >= 4 is 11.9 Å². The van der Waals surface area contributed by atoms with Gasteiger partial charge in [-0.25, -0.2) is 4.79 Å². The highest BCUT2D eigenvalue weighted by molar-refractivity contribution is 5.93. The van der Waals surface area contributed by atoms with Gasteiger partial charge in [0.1, 0.15) is 24.0 Å². The second-order valence-corrected chi connectivity index (χ2v) is 4.40. The van der Waals surface area contributed by atoms with Gasteiger partial charge in [-0.3, -0.25) is 4.79 Å². The Morgan fingerprint density at radius 1 is 1.35 bits per heavy atom. The lowest BCUT2D eigenvalue weighted by atomic mass is 10.1. The number of ether oxygens (including phenoxy) is 3. The highest BCUT2D eigenvalue weighted by Crippen LogP contribution is 2.20. The van der Waals surface area contributed by atoms with Crippen LogP contribution in [0.1, 0.15) is 30.1 Å². The maximum absolute atomic E-state index is 12.0. The molecule has 1 unspecified atom stereocenters. The highest BCUT2D eigenvalue weighted by Gasteiger charge is 2.18. The molecule has 5 heteroatoms. The molecule has 5 nitrogen and oxygen atoms in total. The summed E-state index contributed by atoms with van der Waals surface area (Å²) in [5.74, 6) is -0.805. The Labute approximate surface area is 117 Å². The van der Waals surface area contributed by atoms with Gasteiger partial charge in [0.05, 0.1) is 6.26 Å². The molecule has 0 radical (unpaired) electrons. The number of carbonyl (C=O) groups is 2. The highest BCUT2D eigenvalue weighted by atomic mass is 16.6. The van der Waals surface area contributed by atoms with Crippen LogP contribution in [0.4, 0.5) is 0 Å². The molecule has 0 bridgehead atoms. The van der Waals surface area contributed by atoms with E-state index < -0.39 is 11.9 Å². The van der Waals surface area contributed by atoms with Crippen LogP contribution in [-0.2, 0) is 14.3 Å². The lowest BCUT2D eigenvalue weighted by Gasteiger charge is -2.19. The Morgan fingerprint density at radius 2 is 2.15 bits per heavy atom. The third kappa shape index (κ3) is 3.85. The molecule has 0 N–H and O–H groups in total. The molecule has 1 aliphatic rings.